The molecule has 0 unspecified atom stereocenters. The average molecular weight is 291 g/mol. The van der Waals surface area contributed by atoms with Gasteiger partial charge in [0.2, 0.25) is 5.95 Å². The highest BCUT2D eigenvalue weighted by molar-refractivity contribution is 5.34. The Bertz CT molecular complexity index is 498. The molecule has 0 bridgehead atoms. The van der Waals surface area contributed by atoms with Gasteiger partial charge in [-0.3, -0.25) is 0 Å². The Hall–Kier alpha value is -1.20. The quantitative estimate of drug-likeness (QED) is 0.901. The van der Waals surface area contributed by atoms with Crippen molar-refractivity contribution >= 4 is 5.95 Å². The first-order valence-corrected chi connectivity index (χ1v) is 8.04. The maximum absolute atomic E-state index is 10.3. The highest BCUT2D eigenvalue weighted by atomic mass is 16.5. The highest BCUT2D eigenvalue weighted by Gasteiger charge is 2.44. The molecule has 0 radical (unpaired) electrons. The van der Waals surface area contributed by atoms with E-state index < -0.39 is 0 Å². The number of ether oxygens (including phenoxy) is 1. The molecular weight excluding hydrogens is 266 g/mol. The third-order valence-electron chi connectivity index (χ3n) is 4.91. The molecule has 1 spiro atoms. The minimum atomic E-state index is -0.326. The van der Waals surface area contributed by atoms with Crippen molar-refractivity contribution in [3.8, 4) is 0 Å². The molecule has 2 saturated heterocycles. The molecule has 0 amide bonds. The van der Waals surface area contributed by atoms with Crippen molar-refractivity contribution < 1.29 is 9.84 Å². The summed E-state index contributed by atoms with van der Waals surface area (Å²) in [6.07, 6.45) is 6.06. The van der Waals surface area contributed by atoms with E-state index in [-0.39, 0.29) is 11.7 Å². The van der Waals surface area contributed by atoms with E-state index in [1.54, 1.807) is 0 Å². The monoisotopic (exact) mass is 291 g/mol. The lowest BCUT2D eigenvalue weighted by molar-refractivity contribution is -0.164. The topological polar surface area (TPSA) is 58.5 Å². The Morgan fingerprint density at radius 1 is 1.43 bits per heavy atom. The fourth-order valence-corrected chi connectivity index (χ4v) is 3.45. The van der Waals surface area contributed by atoms with Crippen molar-refractivity contribution in [2.24, 2.45) is 0 Å². The van der Waals surface area contributed by atoms with Crippen LogP contribution in [0.3, 0.4) is 0 Å². The standard InChI is InChI=1S/C16H25N3O2/c1-3-13-12(2)11-17-15(18-13)19-8-6-16(7-9-19)14(20)5-4-10-21-16/h11,14,20H,3-10H2,1-2H3/t14-/m1/s1. The van der Waals surface area contributed by atoms with Crippen molar-refractivity contribution in [3.63, 3.8) is 0 Å². The van der Waals surface area contributed by atoms with Crippen molar-refractivity contribution in [3.05, 3.63) is 17.5 Å². The molecule has 0 aliphatic carbocycles. The minimum Gasteiger partial charge on any atom is -0.390 e. The normalized spacial score (nSPS) is 25.3. The molecule has 2 aliphatic rings. The number of aromatic nitrogens is 2. The van der Waals surface area contributed by atoms with Crippen LogP contribution in [0.4, 0.5) is 5.95 Å². The number of anilines is 1. The van der Waals surface area contributed by atoms with E-state index in [0.29, 0.717) is 0 Å². The van der Waals surface area contributed by atoms with Crippen LogP contribution in [-0.4, -0.2) is 46.5 Å². The van der Waals surface area contributed by atoms with E-state index in [2.05, 4.69) is 28.7 Å². The Labute approximate surface area is 126 Å². The van der Waals surface area contributed by atoms with E-state index in [1.165, 1.54) is 0 Å². The molecule has 21 heavy (non-hydrogen) atoms. The van der Waals surface area contributed by atoms with Crippen LogP contribution in [0.15, 0.2) is 6.20 Å². The zero-order valence-electron chi connectivity index (χ0n) is 13.0. The van der Waals surface area contributed by atoms with Gasteiger partial charge in [-0.25, -0.2) is 9.97 Å². The van der Waals surface area contributed by atoms with Gasteiger partial charge < -0.3 is 14.7 Å². The molecule has 0 aromatic carbocycles. The summed E-state index contributed by atoms with van der Waals surface area (Å²) < 4.78 is 5.95. The first-order chi connectivity index (χ1) is 10.1. The molecule has 5 nitrogen and oxygen atoms in total. The third kappa shape index (κ3) is 2.77. The number of hydrogen-bond donors (Lipinski definition) is 1. The SMILES string of the molecule is CCc1nc(N2CCC3(CC2)OCCC[C@H]3O)ncc1C. The second-order valence-electron chi connectivity index (χ2n) is 6.21. The van der Waals surface area contributed by atoms with Gasteiger partial charge in [0.25, 0.3) is 0 Å². The van der Waals surface area contributed by atoms with Gasteiger partial charge in [-0.1, -0.05) is 6.92 Å². The minimum absolute atomic E-state index is 0.321. The maximum atomic E-state index is 10.3. The Kier molecular flexibility index (Phi) is 4.13. The Morgan fingerprint density at radius 3 is 2.86 bits per heavy atom. The molecule has 3 rings (SSSR count). The molecule has 1 aromatic heterocycles. The van der Waals surface area contributed by atoms with Gasteiger partial charge in [0, 0.05) is 31.6 Å². The third-order valence-corrected chi connectivity index (χ3v) is 4.91. The summed E-state index contributed by atoms with van der Waals surface area (Å²) in [4.78, 5) is 11.4. The van der Waals surface area contributed by atoms with Crippen LogP contribution in [0.2, 0.25) is 0 Å². The summed E-state index contributed by atoms with van der Waals surface area (Å²) in [7, 11) is 0. The van der Waals surface area contributed by atoms with E-state index in [1.807, 2.05) is 6.20 Å². The molecule has 5 heteroatoms. The van der Waals surface area contributed by atoms with Gasteiger partial charge in [-0.05, 0) is 44.6 Å². The van der Waals surface area contributed by atoms with Crippen LogP contribution >= 0.6 is 0 Å². The van der Waals surface area contributed by atoms with Crippen molar-refractivity contribution in [1.29, 1.82) is 0 Å². The number of rotatable bonds is 2. The summed E-state index contributed by atoms with van der Waals surface area (Å²) in [5.41, 5.74) is 1.95. The van der Waals surface area contributed by atoms with Crippen molar-refractivity contribution in [2.45, 2.75) is 57.7 Å². The molecule has 1 N–H and O–H groups in total. The highest BCUT2D eigenvalue weighted by Crippen LogP contribution is 2.35. The largest absolute Gasteiger partial charge is 0.390 e. The number of hydrogen-bond acceptors (Lipinski definition) is 5. The van der Waals surface area contributed by atoms with Gasteiger partial charge in [-0.2, -0.15) is 0 Å². The van der Waals surface area contributed by atoms with Gasteiger partial charge in [0.05, 0.1) is 11.7 Å². The second kappa shape index (κ2) is 5.89. The molecule has 3 heterocycles. The first kappa shape index (κ1) is 14.7. The number of aryl methyl sites for hydroxylation is 2. The summed E-state index contributed by atoms with van der Waals surface area (Å²) in [5, 5.41) is 10.3. The summed E-state index contributed by atoms with van der Waals surface area (Å²) >= 11 is 0. The van der Waals surface area contributed by atoms with Gasteiger partial charge in [0.1, 0.15) is 0 Å². The second-order valence-corrected chi connectivity index (χ2v) is 6.21. The smallest absolute Gasteiger partial charge is 0.225 e. The predicted octanol–water partition coefficient (Wildman–Crippen LogP) is 1.86. The zero-order valence-corrected chi connectivity index (χ0v) is 13.0. The van der Waals surface area contributed by atoms with Crippen LogP contribution in [-0.2, 0) is 11.2 Å². The summed E-state index contributed by atoms with van der Waals surface area (Å²) in [5.74, 6) is 0.817. The Morgan fingerprint density at radius 2 is 2.19 bits per heavy atom. The van der Waals surface area contributed by atoms with Crippen LogP contribution in [0, 0.1) is 6.92 Å². The zero-order chi connectivity index (χ0) is 14.9. The van der Waals surface area contributed by atoms with Gasteiger partial charge in [-0.15, -0.1) is 0 Å². The summed E-state index contributed by atoms with van der Waals surface area (Å²) in [6.45, 7) is 6.65. The number of piperidine rings is 1. The fourth-order valence-electron chi connectivity index (χ4n) is 3.45. The van der Waals surface area contributed by atoms with Crippen LogP contribution in [0.1, 0.15) is 43.9 Å². The first-order valence-electron chi connectivity index (χ1n) is 8.04. The molecule has 1 atom stereocenters. The van der Waals surface area contributed by atoms with Crippen LogP contribution in [0.25, 0.3) is 0 Å². The number of aliphatic hydroxyl groups is 1. The molecule has 2 aliphatic heterocycles. The van der Waals surface area contributed by atoms with E-state index in [0.717, 1.165) is 69.0 Å². The fraction of sp³-hybridized carbons (Fsp3) is 0.750. The molecule has 2 fully saturated rings. The molecule has 0 saturated carbocycles. The van der Waals surface area contributed by atoms with Gasteiger partial charge >= 0.3 is 0 Å². The van der Waals surface area contributed by atoms with Gasteiger partial charge in [0.15, 0.2) is 0 Å². The molecule has 1 aromatic rings. The summed E-state index contributed by atoms with van der Waals surface area (Å²) in [6, 6.07) is 0. The van der Waals surface area contributed by atoms with E-state index in [9.17, 15) is 5.11 Å². The lowest BCUT2D eigenvalue weighted by Gasteiger charge is -2.46. The molecule has 116 valence electrons. The lowest BCUT2D eigenvalue weighted by atomic mass is 9.82. The van der Waals surface area contributed by atoms with Crippen LogP contribution in [0.5, 0.6) is 0 Å². The van der Waals surface area contributed by atoms with E-state index in [4.69, 9.17) is 4.74 Å². The van der Waals surface area contributed by atoms with Crippen LogP contribution < -0.4 is 4.90 Å². The Balaban J connectivity index is 1.71. The maximum Gasteiger partial charge on any atom is 0.225 e. The molecular formula is C16H25N3O2. The number of aliphatic hydroxyl groups excluding tert-OH is 1. The average Bonchev–Trinajstić information content (AvgIpc) is 2.52. The van der Waals surface area contributed by atoms with Crippen molar-refractivity contribution in [1.82, 2.24) is 9.97 Å². The van der Waals surface area contributed by atoms with E-state index >= 15 is 0 Å². The lowest BCUT2D eigenvalue weighted by Crippen LogP contribution is -2.55. The number of nitrogens with zero attached hydrogens (tertiary/aromatic N) is 3. The predicted molar refractivity (Wildman–Crippen MR) is 81.5 cm³/mol. The van der Waals surface area contributed by atoms with Crippen molar-refractivity contribution in [2.75, 3.05) is 24.6 Å².